The van der Waals surface area contributed by atoms with E-state index in [4.69, 9.17) is 0 Å². The van der Waals surface area contributed by atoms with Gasteiger partial charge in [0.1, 0.15) is 6.33 Å². The summed E-state index contributed by atoms with van der Waals surface area (Å²) < 4.78 is 1.75. The summed E-state index contributed by atoms with van der Waals surface area (Å²) in [5, 5.41) is 16.6. The Morgan fingerprint density at radius 3 is 2.50 bits per heavy atom. The van der Waals surface area contributed by atoms with E-state index >= 15 is 0 Å². The highest BCUT2D eigenvalue weighted by atomic mass is 32.2. The van der Waals surface area contributed by atoms with Crippen LogP contribution in [0.15, 0.2) is 78.2 Å². The summed E-state index contributed by atoms with van der Waals surface area (Å²) in [6, 6.07) is 21.0. The van der Waals surface area contributed by atoms with E-state index < -0.39 is 0 Å². The molecule has 3 aromatic carbocycles. The number of anilines is 1. The maximum atomic E-state index is 12.7. The Labute approximate surface area is 190 Å². The SMILES string of the molecule is CC(NC(=O)c1ccc(NC(=O)CSc2nncn2C)cc1)c1ccc2ccccc2c1. The number of hydrogen-bond donors (Lipinski definition) is 2. The molecule has 1 unspecified atom stereocenters. The van der Waals surface area contributed by atoms with Gasteiger partial charge in [-0.15, -0.1) is 10.2 Å². The minimum atomic E-state index is -0.165. The average Bonchev–Trinajstić information content (AvgIpc) is 3.22. The van der Waals surface area contributed by atoms with E-state index in [0.717, 1.165) is 10.9 Å². The van der Waals surface area contributed by atoms with Crippen LogP contribution in [0, 0.1) is 0 Å². The molecular weight excluding hydrogens is 422 g/mol. The van der Waals surface area contributed by atoms with Gasteiger partial charge < -0.3 is 15.2 Å². The van der Waals surface area contributed by atoms with Crippen molar-refractivity contribution in [3.8, 4) is 0 Å². The Kier molecular flexibility index (Phi) is 6.51. The fraction of sp³-hybridized carbons (Fsp3) is 0.167. The largest absolute Gasteiger partial charge is 0.346 e. The Hall–Kier alpha value is -3.65. The molecule has 0 aliphatic rings. The summed E-state index contributed by atoms with van der Waals surface area (Å²) in [5.74, 6) is -0.0978. The molecule has 0 fully saturated rings. The molecule has 4 rings (SSSR count). The highest BCUT2D eigenvalue weighted by Gasteiger charge is 2.13. The van der Waals surface area contributed by atoms with Crippen LogP contribution in [0.2, 0.25) is 0 Å². The maximum absolute atomic E-state index is 12.7. The summed E-state index contributed by atoms with van der Waals surface area (Å²) in [7, 11) is 1.82. The summed E-state index contributed by atoms with van der Waals surface area (Å²) >= 11 is 1.31. The lowest BCUT2D eigenvalue weighted by Crippen LogP contribution is -2.26. The third-order valence-electron chi connectivity index (χ3n) is 5.05. The molecule has 0 saturated heterocycles. The van der Waals surface area contributed by atoms with Crippen LogP contribution in [0.4, 0.5) is 5.69 Å². The topological polar surface area (TPSA) is 88.9 Å². The number of amides is 2. The highest BCUT2D eigenvalue weighted by molar-refractivity contribution is 7.99. The molecule has 2 N–H and O–H groups in total. The van der Waals surface area contributed by atoms with Crippen LogP contribution in [0.3, 0.4) is 0 Å². The van der Waals surface area contributed by atoms with Gasteiger partial charge in [-0.3, -0.25) is 9.59 Å². The van der Waals surface area contributed by atoms with Crippen molar-refractivity contribution in [3.05, 3.63) is 84.2 Å². The van der Waals surface area contributed by atoms with Gasteiger partial charge >= 0.3 is 0 Å². The zero-order chi connectivity index (χ0) is 22.5. The van der Waals surface area contributed by atoms with E-state index in [9.17, 15) is 9.59 Å². The van der Waals surface area contributed by atoms with Crippen molar-refractivity contribution in [2.24, 2.45) is 7.05 Å². The van der Waals surface area contributed by atoms with E-state index in [-0.39, 0.29) is 23.6 Å². The van der Waals surface area contributed by atoms with Crippen LogP contribution in [-0.2, 0) is 11.8 Å². The second-order valence-electron chi connectivity index (χ2n) is 7.44. The van der Waals surface area contributed by atoms with Gasteiger partial charge in [-0.2, -0.15) is 0 Å². The van der Waals surface area contributed by atoms with E-state index in [1.807, 2.05) is 32.2 Å². The first kappa shape index (κ1) is 21.6. The molecule has 32 heavy (non-hydrogen) atoms. The van der Waals surface area contributed by atoms with Gasteiger partial charge in [0.2, 0.25) is 5.91 Å². The number of carbonyl (C=O) groups is 2. The van der Waals surface area contributed by atoms with Crippen molar-refractivity contribution in [2.75, 3.05) is 11.1 Å². The van der Waals surface area contributed by atoms with Crippen LogP contribution in [-0.4, -0.2) is 32.3 Å². The molecule has 1 aromatic heterocycles. The first-order valence-electron chi connectivity index (χ1n) is 10.2. The number of aromatic nitrogens is 3. The predicted octanol–water partition coefficient (Wildman–Crippen LogP) is 4.19. The summed E-state index contributed by atoms with van der Waals surface area (Å²) in [5.41, 5.74) is 2.21. The minimum absolute atomic E-state index is 0.135. The summed E-state index contributed by atoms with van der Waals surface area (Å²) in [6.07, 6.45) is 1.59. The molecule has 0 bridgehead atoms. The predicted molar refractivity (Wildman–Crippen MR) is 127 cm³/mol. The summed E-state index contributed by atoms with van der Waals surface area (Å²) in [6.45, 7) is 1.96. The van der Waals surface area contributed by atoms with Crippen molar-refractivity contribution in [1.29, 1.82) is 0 Å². The van der Waals surface area contributed by atoms with Crippen molar-refractivity contribution in [2.45, 2.75) is 18.1 Å². The maximum Gasteiger partial charge on any atom is 0.251 e. The number of rotatable bonds is 7. The van der Waals surface area contributed by atoms with Crippen molar-refractivity contribution in [3.63, 3.8) is 0 Å². The smallest absolute Gasteiger partial charge is 0.251 e. The number of aryl methyl sites for hydroxylation is 1. The number of nitrogens with one attached hydrogen (secondary N) is 2. The van der Waals surface area contributed by atoms with Crippen LogP contribution >= 0.6 is 11.8 Å². The number of carbonyl (C=O) groups excluding carboxylic acids is 2. The number of hydrogen-bond acceptors (Lipinski definition) is 5. The van der Waals surface area contributed by atoms with E-state index in [1.54, 1.807) is 35.2 Å². The average molecular weight is 446 g/mol. The van der Waals surface area contributed by atoms with Gasteiger partial charge in [-0.1, -0.05) is 48.2 Å². The van der Waals surface area contributed by atoms with Crippen LogP contribution in [0.1, 0.15) is 28.9 Å². The Morgan fingerprint density at radius 2 is 1.78 bits per heavy atom. The zero-order valence-corrected chi connectivity index (χ0v) is 18.6. The monoisotopic (exact) mass is 445 g/mol. The second kappa shape index (κ2) is 9.65. The highest BCUT2D eigenvalue weighted by Crippen LogP contribution is 2.21. The van der Waals surface area contributed by atoms with Crippen LogP contribution < -0.4 is 10.6 Å². The molecule has 0 aliphatic carbocycles. The third kappa shape index (κ3) is 5.15. The number of thioether (sulfide) groups is 1. The first-order valence-corrected chi connectivity index (χ1v) is 11.1. The molecule has 1 heterocycles. The molecule has 2 amide bonds. The minimum Gasteiger partial charge on any atom is -0.346 e. The lowest BCUT2D eigenvalue weighted by molar-refractivity contribution is -0.113. The van der Waals surface area contributed by atoms with E-state index in [1.165, 1.54) is 17.1 Å². The zero-order valence-electron chi connectivity index (χ0n) is 17.8. The third-order valence-corrected chi connectivity index (χ3v) is 6.09. The number of nitrogens with zero attached hydrogens (tertiary/aromatic N) is 3. The second-order valence-corrected chi connectivity index (χ2v) is 8.38. The molecule has 162 valence electrons. The van der Waals surface area contributed by atoms with Crippen molar-refractivity contribution < 1.29 is 9.59 Å². The standard InChI is InChI=1S/C24H23N5O2S/c1-16(19-8-7-17-5-3-4-6-20(17)13-19)26-23(31)18-9-11-21(12-10-18)27-22(30)14-32-24-28-25-15-29(24)2/h3-13,15-16H,14H2,1-2H3,(H,26,31)(H,27,30). The van der Waals surface area contributed by atoms with Crippen molar-refractivity contribution in [1.82, 2.24) is 20.1 Å². The fourth-order valence-electron chi connectivity index (χ4n) is 3.28. The Balaban J connectivity index is 1.33. The fourth-order valence-corrected chi connectivity index (χ4v) is 3.96. The van der Waals surface area contributed by atoms with Crippen LogP contribution in [0.25, 0.3) is 10.8 Å². The molecule has 0 radical (unpaired) electrons. The Bertz CT molecular complexity index is 1250. The molecule has 0 spiro atoms. The molecule has 4 aromatic rings. The number of fused-ring (bicyclic) bond motifs is 1. The van der Waals surface area contributed by atoms with Gasteiger partial charge in [-0.05, 0) is 53.6 Å². The van der Waals surface area contributed by atoms with Crippen LogP contribution in [0.5, 0.6) is 0 Å². The van der Waals surface area contributed by atoms with Gasteiger partial charge in [0, 0.05) is 18.3 Å². The lowest BCUT2D eigenvalue weighted by atomic mass is 10.0. The molecule has 7 nitrogen and oxygen atoms in total. The molecule has 0 saturated carbocycles. The van der Waals surface area contributed by atoms with Crippen molar-refractivity contribution >= 4 is 40.0 Å². The van der Waals surface area contributed by atoms with E-state index in [0.29, 0.717) is 16.4 Å². The molecule has 0 aliphatic heterocycles. The number of benzene rings is 3. The lowest BCUT2D eigenvalue weighted by Gasteiger charge is -2.15. The molecular formula is C24H23N5O2S. The molecule has 1 atom stereocenters. The quantitative estimate of drug-likeness (QED) is 0.417. The Morgan fingerprint density at radius 1 is 1.03 bits per heavy atom. The first-order chi connectivity index (χ1) is 15.5. The molecule has 8 heteroatoms. The normalized spacial score (nSPS) is 11.8. The summed E-state index contributed by atoms with van der Waals surface area (Å²) in [4.78, 5) is 24.8. The van der Waals surface area contributed by atoms with Gasteiger partial charge in [0.15, 0.2) is 5.16 Å². The van der Waals surface area contributed by atoms with E-state index in [2.05, 4.69) is 45.1 Å². The van der Waals surface area contributed by atoms with Gasteiger partial charge in [0.05, 0.1) is 11.8 Å². The van der Waals surface area contributed by atoms with Gasteiger partial charge in [0.25, 0.3) is 5.91 Å². The van der Waals surface area contributed by atoms with Gasteiger partial charge in [-0.25, -0.2) is 0 Å².